The van der Waals surface area contributed by atoms with Gasteiger partial charge < -0.3 is 9.47 Å². The summed E-state index contributed by atoms with van der Waals surface area (Å²) in [6, 6.07) is 3.80. The lowest BCUT2D eigenvalue weighted by Crippen LogP contribution is -2.23. The second-order valence-corrected chi connectivity index (χ2v) is 11.9. The molecule has 0 saturated carbocycles. The number of halogens is 4. The SMILES string of the molecule is C=C(C)C(=O)c1c(Br)cc(C(C)(C)c2cc(Br)c(C(=O)C(=C)C)c(Br)c2OCC)c(OCC)c1Br. The maximum Gasteiger partial charge on any atom is 0.190 e. The number of benzene rings is 2. The number of hydrogen-bond acceptors (Lipinski definition) is 4. The topological polar surface area (TPSA) is 52.6 Å². The lowest BCUT2D eigenvalue weighted by molar-refractivity contribution is 0.102. The van der Waals surface area contributed by atoms with E-state index in [9.17, 15) is 9.59 Å². The molecule has 2 aromatic carbocycles. The number of ether oxygens (including phenoxy) is 2. The van der Waals surface area contributed by atoms with Crippen molar-refractivity contribution >= 4 is 75.3 Å². The molecule has 2 rings (SSSR count). The van der Waals surface area contributed by atoms with Gasteiger partial charge in [0.2, 0.25) is 0 Å². The van der Waals surface area contributed by atoms with Gasteiger partial charge in [0, 0.05) is 25.5 Å². The van der Waals surface area contributed by atoms with Crippen molar-refractivity contribution in [1.29, 1.82) is 0 Å². The summed E-state index contributed by atoms with van der Waals surface area (Å²) in [5.41, 5.74) is 2.74. The van der Waals surface area contributed by atoms with Crippen molar-refractivity contribution in [3.05, 3.63) is 76.6 Å². The molecule has 0 aromatic heterocycles. The van der Waals surface area contributed by atoms with Crippen molar-refractivity contribution in [2.24, 2.45) is 0 Å². The fourth-order valence-corrected chi connectivity index (χ4v) is 6.88. The normalized spacial score (nSPS) is 11.3. The van der Waals surface area contributed by atoms with Crippen LogP contribution in [-0.4, -0.2) is 24.8 Å². The zero-order valence-corrected chi connectivity index (χ0v) is 27.0. The molecule has 0 radical (unpaired) electrons. The van der Waals surface area contributed by atoms with Crippen molar-refractivity contribution in [3.8, 4) is 11.5 Å². The van der Waals surface area contributed by atoms with E-state index in [0.29, 0.717) is 64.9 Å². The third-order valence-corrected chi connectivity index (χ3v) is 8.26. The third-order valence-electron chi connectivity index (χ3n) is 5.50. The smallest absolute Gasteiger partial charge is 0.190 e. The Morgan fingerprint density at radius 3 is 1.34 bits per heavy atom. The first-order chi connectivity index (χ1) is 16.2. The van der Waals surface area contributed by atoms with Crippen LogP contribution in [0, 0.1) is 0 Å². The molecule has 0 atom stereocenters. The monoisotopic (exact) mass is 732 g/mol. The Balaban J connectivity index is 2.94. The molecule has 0 N–H and O–H groups in total. The molecule has 4 nitrogen and oxygen atoms in total. The van der Waals surface area contributed by atoms with Gasteiger partial charge in [-0.15, -0.1) is 0 Å². The van der Waals surface area contributed by atoms with E-state index < -0.39 is 5.41 Å². The van der Waals surface area contributed by atoms with Crippen molar-refractivity contribution in [3.63, 3.8) is 0 Å². The van der Waals surface area contributed by atoms with Gasteiger partial charge in [0.15, 0.2) is 11.6 Å². The van der Waals surface area contributed by atoms with Crippen LogP contribution in [0.1, 0.15) is 73.4 Å². The van der Waals surface area contributed by atoms with E-state index >= 15 is 0 Å². The van der Waals surface area contributed by atoms with Gasteiger partial charge >= 0.3 is 0 Å². The van der Waals surface area contributed by atoms with Crippen molar-refractivity contribution in [2.75, 3.05) is 13.2 Å². The van der Waals surface area contributed by atoms with Crippen LogP contribution >= 0.6 is 63.7 Å². The molecule has 188 valence electrons. The van der Waals surface area contributed by atoms with E-state index in [1.165, 1.54) is 0 Å². The Hall–Kier alpha value is -1.22. The van der Waals surface area contributed by atoms with Crippen LogP contribution in [-0.2, 0) is 5.41 Å². The summed E-state index contributed by atoms with van der Waals surface area (Å²) in [6.45, 7) is 19.6. The van der Waals surface area contributed by atoms with Crippen molar-refractivity contribution in [2.45, 2.75) is 47.0 Å². The Labute approximate surface area is 241 Å². The van der Waals surface area contributed by atoms with Gasteiger partial charge in [-0.05, 0) is 115 Å². The molecule has 0 heterocycles. The van der Waals surface area contributed by atoms with E-state index in [0.717, 1.165) is 11.1 Å². The number of ketones is 2. The van der Waals surface area contributed by atoms with Gasteiger partial charge in [-0.2, -0.15) is 0 Å². The molecule has 0 fully saturated rings. The maximum absolute atomic E-state index is 12.9. The Bertz CT molecular complexity index is 1140. The summed E-state index contributed by atoms with van der Waals surface area (Å²) in [6.07, 6.45) is 0. The molecule has 35 heavy (non-hydrogen) atoms. The highest BCUT2D eigenvalue weighted by atomic mass is 79.9. The van der Waals surface area contributed by atoms with Gasteiger partial charge in [-0.25, -0.2) is 0 Å². The summed E-state index contributed by atoms with van der Waals surface area (Å²) in [7, 11) is 0. The van der Waals surface area contributed by atoms with Gasteiger partial charge in [-0.3, -0.25) is 9.59 Å². The molecular weight excluding hydrogens is 708 g/mol. The molecule has 0 saturated heterocycles. The average molecular weight is 736 g/mol. The molecule has 0 bridgehead atoms. The maximum atomic E-state index is 12.9. The fraction of sp³-hybridized carbons (Fsp3) is 0.333. The second kappa shape index (κ2) is 11.9. The Kier molecular flexibility index (Phi) is 10.2. The van der Waals surface area contributed by atoms with E-state index in [-0.39, 0.29) is 11.6 Å². The first kappa shape index (κ1) is 30.0. The van der Waals surface area contributed by atoms with Gasteiger partial charge in [-0.1, -0.05) is 27.0 Å². The van der Waals surface area contributed by atoms with Gasteiger partial charge in [0.05, 0.1) is 33.3 Å². The minimum absolute atomic E-state index is 0.183. The zero-order chi connectivity index (χ0) is 26.8. The largest absolute Gasteiger partial charge is 0.492 e. The van der Waals surface area contributed by atoms with Gasteiger partial charge in [0.25, 0.3) is 0 Å². The summed E-state index contributed by atoms with van der Waals surface area (Å²) < 4.78 is 14.5. The van der Waals surface area contributed by atoms with Crippen LogP contribution in [0.15, 0.2) is 54.3 Å². The molecule has 2 aromatic rings. The van der Waals surface area contributed by atoms with Crippen molar-refractivity contribution < 1.29 is 19.1 Å². The van der Waals surface area contributed by atoms with Crippen molar-refractivity contribution in [1.82, 2.24) is 0 Å². The number of hydrogen-bond donors (Lipinski definition) is 0. The molecular formula is C27H28Br4O4. The van der Waals surface area contributed by atoms with E-state index in [4.69, 9.17) is 9.47 Å². The molecule has 0 spiro atoms. The van der Waals surface area contributed by atoms with Crippen LogP contribution in [0.25, 0.3) is 0 Å². The first-order valence-corrected chi connectivity index (χ1v) is 14.1. The Morgan fingerprint density at radius 1 is 0.771 bits per heavy atom. The summed E-state index contributed by atoms with van der Waals surface area (Å²) in [5, 5.41) is 0. The predicted octanol–water partition coefficient (Wildman–Crippen LogP) is 9.38. The van der Waals surface area contributed by atoms with E-state index in [1.54, 1.807) is 13.8 Å². The standard InChI is InChI=1S/C27H28Br4O4/c1-9-34-25-15(11-17(28)19(21(25)30)23(32)13(3)4)27(7,8)16-12-18(29)20(24(33)14(5)6)22(31)26(16)35-10-2/h11-12H,3,5,9-10H2,1-2,4,6-8H3. The number of allylic oxidation sites excluding steroid dienone is 2. The van der Waals surface area contributed by atoms with Crippen LogP contribution in [0.5, 0.6) is 11.5 Å². The summed E-state index contributed by atoms with van der Waals surface area (Å²) in [5.74, 6) is 0.749. The van der Waals surface area contributed by atoms with Crippen LogP contribution in [0.3, 0.4) is 0 Å². The third kappa shape index (κ3) is 5.86. The summed E-state index contributed by atoms with van der Waals surface area (Å²) in [4.78, 5) is 25.7. The number of carbonyl (C=O) groups excluding carboxylic acids is 2. The number of Topliss-reactive ketones (excluding diaryl/α,β-unsaturated/α-hetero) is 2. The second-order valence-electron chi connectivity index (χ2n) is 8.56. The number of carbonyl (C=O) groups is 2. The summed E-state index contributed by atoms with van der Waals surface area (Å²) >= 11 is 14.4. The van der Waals surface area contributed by atoms with Crippen LogP contribution in [0.4, 0.5) is 0 Å². The first-order valence-electron chi connectivity index (χ1n) is 10.9. The Morgan fingerprint density at radius 2 is 1.09 bits per heavy atom. The number of rotatable bonds is 10. The molecule has 0 aliphatic carbocycles. The zero-order valence-electron chi connectivity index (χ0n) is 20.6. The van der Waals surface area contributed by atoms with E-state index in [1.807, 2.05) is 39.8 Å². The van der Waals surface area contributed by atoms with E-state index in [2.05, 4.69) is 76.9 Å². The lowest BCUT2D eigenvalue weighted by atomic mass is 9.76. The minimum atomic E-state index is -0.666. The quantitative estimate of drug-likeness (QED) is 0.180. The highest BCUT2D eigenvalue weighted by Gasteiger charge is 2.36. The highest BCUT2D eigenvalue weighted by Crippen LogP contribution is 2.50. The molecule has 0 aliphatic rings. The lowest BCUT2D eigenvalue weighted by Gasteiger charge is -2.32. The molecule has 0 amide bonds. The predicted molar refractivity (Wildman–Crippen MR) is 156 cm³/mol. The minimum Gasteiger partial charge on any atom is -0.492 e. The average Bonchev–Trinajstić information content (AvgIpc) is 2.76. The fourth-order valence-electron chi connectivity index (χ4n) is 3.69. The van der Waals surface area contributed by atoms with Gasteiger partial charge in [0.1, 0.15) is 11.5 Å². The highest BCUT2D eigenvalue weighted by molar-refractivity contribution is 9.11. The van der Waals surface area contributed by atoms with Crippen LogP contribution < -0.4 is 9.47 Å². The molecule has 8 heteroatoms. The van der Waals surface area contributed by atoms with Crippen LogP contribution in [0.2, 0.25) is 0 Å². The molecule has 0 aliphatic heterocycles. The molecule has 0 unspecified atom stereocenters.